The second-order valence-electron chi connectivity index (χ2n) is 14.4. The molecule has 1 N–H and O–H groups in total. The van der Waals surface area contributed by atoms with Crippen LogP contribution in [0.4, 0.5) is 0 Å². The van der Waals surface area contributed by atoms with E-state index in [1.807, 2.05) is 6.08 Å². The van der Waals surface area contributed by atoms with Crippen molar-refractivity contribution in [1.29, 1.82) is 0 Å². The fourth-order valence-electron chi connectivity index (χ4n) is 6.77. The standard InChI is InChI=1S/C41H80O4Si/c1-5-9-13-17-21-22-23-24-25-26-30-34-39(38-40(42)43)41(44)45-46(35-31-27-18-14-10-6-2,36-32-28-19-15-11-7-3)37-33-29-20-16-12-8-4/h34H,5-33,35-38H2,1-4H3,(H,42,43). The third-order valence-corrected chi connectivity index (χ3v) is 14.2. The van der Waals surface area contributed by atoms with Crippen LogP contribution in [0, 0.1) is 0 Å². The molecule has 0 aromatic rings. The third-order valence-electron chi connectivity index (χ3n) is 9.82. The lowest BCUT2D eigenvalue weighted by Gasteiger charge is -2.32. The zero-order chi connectivity index (χ0) is 34.0. The Bertz CT molecular complexity index is 678. The molecule has 0 aliphatic carbocycles. The van der Waals surface area contributed by atoms with Crippen LogP contribution >= 0.6 is 0 Å². The minimum absolute atomic E-state index is 0.216. The molecule has 5 heteroatoms. The van der Waals surface area contributed by atoms with Crippen molar-refractivity contribution in [2.75, 3.05) is 0 Å². The Morgan fingerprint density at radius 2 is 0.783 bits per heavy atom. The van der Waals surface area contributed by atoms with Gasteiger partial charge in [-0.3, -0.25) is 4.79 Å². The number of carboxylic acid groups (broad SMARTS) is 1. The summed E-state index contributed by atoms with van der Waals surface area (Å²) in [6, 6.07) is 3.15. The highest BCUT2D eigenvalue weighted by Crippen LogP contribution is 2.32. The monoisotopic (exact) mass is 665 g/mol. The maximum Gasteiger partial charge on any atom is 0.320 e. The normalized spacial score (nSPS) is 12.1. The van der Waals surface area contributed by atoms with Crippen molar-refractivity contribution < 1.29 is 19.1 Å². The van der Waals surface area contributed by atoms with Crippen molar-refractivity contribution in [1.82, 2.24) is 0 Å². The van der Waals surface area contributed by atoms with E-state index in [0.717, 1.165) is 56.7 Å². The van der Waals surface area contributed by atoms with Crippen molar-refractivity contribution in [2.24, 2.45) is 0 Å². The van der Waals surface area contributed by atoms with Crippen LogP contribution in [0.15, 0.2) is 11.6 Å². The molecule has 0 atom stereocenters. The lowest BCUT2D eigenvalue weighted by Crippen LogP contribution is -2.41. The van der Waals surface area contributed by atoms with Crippen LogP contribution in [0.25, 0.3) is 0 Å². The van der Waals surface area contributed by atoms with Gasteiger partial charge in [-0.2, -0.15) is 0 Å². The van der Waals surface area contributed by atoms with E-state index in [-0.39, 0.29) is 12.4 Å². The van der Waals surface area contributed by atoms with E-state index in [1.165, 1.54) is 148 Å². The molecular formula is C41H80O4Si. The van der Waals surface area contributed by atoms with E-state index >= 15 is 0 Å². The minimum atomic E-state index is -2.34. The Labute approximate surface area is 288 Å². The smallest absolute Gasteiger partial charge is 0.320 e. The van der Waals surface area contributed by atoms with E-state index in [4.69, 9.17) is 4.43 Å². The molecular weight excluding hydrogens is 585 g/mol. The van der Waals surface area contributed by atoms with E-state index in [0.29, 0.717) is 5.57 Å². The second kappa shape index (κ2) is 33.8. The van der Waals surface area contributed by atoms with Gasteiger partial charge in [-0.25, -0.2) is 4.79 Å². The van der Waals surface area contributed by atoms with Crippen LogP contribution < -0.4 is 0 Å². The zero-order valence-electron chi connectivity index (χ0n) is 31.6. The number of hydrogen-bond acceptors (Lipinski definition) is 3. The summed E-state index contributed by atoms with van der Waals surface area (Å²) in [6.45, 7) is 9.04. The Morgan fingerprint density at radius 3 is 1.11 bits per heavy atom. The van der Waals surface area contributed by atoms with E-state index in [1.54, 1.807) is 0 Å². The van der Waals surface area contributed by atoms with Gasteiger partial charge in [-0.15, -0.1) is 0 Å². The fraction of sp³-hybridized carbons (Fsp3) is 0.902. The number of carbonyl (C=O) groups is 2. The number of aliphatic carboxylic acids is 1. The topological polar surface area (TPSA) is 63.6 Å². The van der Waals surface area contributed by atoms with Gasteiger partial charge < -0.3 is 9.53 Å². The van der Waals surface area contributed by atoms with Gasteiger partial charge in [0.2, 0.25) is 0 Å². The van der Waals surface area contributed by atoms with Crippen LogP contribution in [-0.4, -0.2) is 25.4 Å². The molecule has 0 aromatic heterocycles. The number of rotatable bonds is 36. The summed E-state index contributed by atoms with van der Waals surface area (Å²) in [4.78, 5) is 25.6. The molecule has 0 amide bonds. The zero-order valence-corrected chi connectivity index (χ0v) is 32.6. The lowest BCUT2D eigenvalue weighted by atomic mass is 10.0. The first kappa shape index (κ1) is 44.9. The third kappa shape index (κ3) is 28.0. The summed E-state index contributed by atoms with van der Waals surface area (Å²) < 4.78 is 6.70. The quantitative estimate of drug-likeness (QED) is 0.0411. The Morgan fingerprint density at radius 1 is 0.478 bits per heavy atom. The van der Waals surface area contributed by atoms with Crippen LogP contribution in [0.1, 0.15) is 220 Å². The van der Waals surface area contributed by atoms with Gasteiger partial charge in [0.25, 0.3) is 8.32 Å². The van der Waals surface area contributed by atoms with Crippen LogP contribution in [0.2, 0.25) is 18.1 Å². The highest BCUT2D eigenvalue weighted by atomic mass is 28.4. The Balaban J connectivity index is 5.43. The van der Waals surface area contributed by atoms with Crippen molar-refractivity contribution in [3.63, 3.8) is 0 Å². The van der Waals surface area contributed by atoms with Gasteiger partial charge in [-0.05, 0) is 31.0 Å². The van der Waals surface area contributed by atoms with Gasteiger partial charge in [-0.1, -0.05) is 207 Å². The maximum atomic E-state index is 13.8. The first-order valence-electron chi connectivity index (χ1n) is 20.6. The van der Waals surface area contributed by atoms with Gasteiger partial charge in [0, 0.05) is 5.57 Å². The second-order valence-corrected chi connectivity index (χ2v) is 18.5. The molecule has 0 heterocycles. The lowest BCUT2D eigenvalue weighted by molar-refractivity contribution is -0.139. The molecule has 0 bridgehead atoms. The molecule has 0 aromatic carbocycles. The summed E-state index contributed by atoms with van der Waals surface area (Å²) >= 11 is 0. The van der Waals surface area contributed by atoms with E-state index in [2.05, 4.69) is 27.7 Å². The SMILES string of the molecule is CCCCCCCCCCCCC=C(CC(=O)O)C(=O)O[Si](CCCCCCCC)(CCCCCCCC)CCCCCCCC. The molecule has 46 heavy (non-hydrogen) atoms. The molecule has 4 nitrogen and oxygen atoms in total. The van der Waals surface area contributed by atoms with Crippen molar-refractivity contribution in [3.05, 3.63) is 11.6 Å². The molecule has 0 unspecified atom stereocenters. The highest BCUT2D eigenvalue weighted by molar-refractivity contribution is 6.75. The summed E-state index contributed by atoms with van der Waals surface area (Å²) in [7, 11) is -2.34. The predicted molar refractivity (Wildman–Crippen MR) is 203 cm³/mol. The Hall–Kier alpha value is -1.10. The first-order valence-corrected chi connectivity index (χ1v) is 23.1. The van der Waals surface area contributed by atoms with Gasteiger partial charge in [0.05, 0.1) is 6.42 Å². The molecule has 0 fully saturated rings. The van der Waals surface area contributed by atoms with Gasteiger partial charge in [0.1, 0.15) is 0 Å². The number of hydrogen-bond donors (Lipinski definition) is 1. The highest BCUT2D eigenvalue weighted by Gasteiger charge is 2.38. The van der Waals surface area contributed by atoms with Crippen LogP contribution in [0.5, 0.6) is 0 Å². The van der Waals surface area contributed by atoms with Crippen LogP contribution in [-0.2, 0) is 14.0 Å². The van der Waals surface area contributed by atoms with Crippen molar-refractivity contribution in [3.8, 4) is 0 Å². The number of carboxylic acids is 1. The molecule has 0 aliphatic rings. The van der Waals surface area contributed by atoms with E-state index < -0.39 is 14.3 Å². The van der Waals surface area contributed by atoms with Gasteiger partial charge in [0.15, 0.2) is 0 Å². The molecule has 0 saturated heterocycles. The molecule has 0 radical (unpaired) electrons. The number of unbranched alkanes of at least 4 members (excludes halogenated alkanes) is 25. The predicted octanol–water partition coefficient (Wildman–Crippen LogP) is 14.3. The minimum Gasteiger partial charge on any atom is -0.516 e. The number of allylic oxidation sites excluding steroid dienone is 1. The summed E-state index contributed by atoms with van der Waals surface area (Å²) in [5.74, 6) is -1.23. The molecule has 272 valence electrons. The average molecular weight is 665 g/mol. The fourth-order valence-corrected chi connectivity index (χ4v) is 11.0. The number of carbonyl (C=O) groups excluding carboxylic acids is 1. The maximum absolute atomic E-state index is 13.8. The molecule has 0 aliphatic heterocycles. The van der Waals surface area contributed by atoms with E-state index in [9.17, 15) is 14.7 Å². The average Bonchev–Trinajstić information content (AvgIpc) is 3.04. The summed E-state index contributed by atoms with van der Waals surface area (Å²) in [5.41, 5.74) is 0.397. The van der Waals surface area contributed by atoms with Crippen molar-refractivity contribution >= 4 is 20.3 Å². The first-order chi connectivity index (χ1) is 22.4. The van der Waals surface area contributed by atoms with Crippen molar-refractivity contribution in [2.45, 2.75) is 238 Å². The largest absolute Gasteiger partial charge is 0.516 e. The summed E-state index contributed by atoms with van der Waals surface area (Å²) in [5, 5.41) is 9.70. The Kier molecular flexibility index (Phi) is 33.0. The van der Waals surface area contributed by atoms with Gasteiger partial charge >= 0.3 is 11.9 Å². The summed E-state index contributed by atoms with van der Waals surface area (Å²) in [6.07, 6.45) is 37.6. The molecule has 0 spiro atoms. The van der Waals surface area contributed by atoms with Crippen LogP contribution in [0.3, 0.4) is 0 Å². The molecule has 0 rings (SSSR count). The molecule has 0 saturated carbocycles.